The summed E-state index contributed by atoms with van der Waals surface area (Å²) in [4.78, 5) is 4.31. The molecule has 0 aliphatic heterocycles. The van der Waals surface area contributed by atoms with E-state index < -0.39 is 0 Å². The monoisotopic (exact) mass is 301 g/mol. The SMILES string of the molecule is CC(C)[C@@H](N)c1nc(Cc2ccc(Cl)cc2)no1.Cl. The van der Waals surface area contributed by atoms with E-state index in [0.717, 1.165) is 10.6 Å². The van der Waals surface area contributed by atoms with Gasteiger partial charge in [0.1, 0.15) is 0 Å². The van der Waals surface area contributed by atoms with Crippen molar-refractivity contribution in [2.45, 2.75) is 26.3 Å². The molecule has 0 amide bonds. The Morgan fingerprint density at radius 2 is 1.89 bits per heavy atom. The summed E-state index contributed by atoms with van der Waals surface area (Å²) in [5.74, 6) is 1.41. The largest absolute Gasteiger partial charge is 0.338 e. The van der Waals surface area contributed by atoms with Crippen LogP contribution in [0.4, 0.5) is 0 Å². The van der Waals surface area contributed by atoms with Crippen molar-refractivity contribution in [1.82, 2.24) is 10.1 Å². The molecule has 0 aliphatic rings. The first-order chi connectivity index (χ1) is 8.56. The van der Waals surface area contributed by atoms with Gasteiger partial charge in [0.15, 0.2) is 5.82 Å². The Kier molecular flexibility index (Phi) is 5.79. The molecule has 1 heterocycles. The molecule has 0 spiro atoms. The average molecular weight is 302 g/mol. The van der Waals surface area contributed by atoms with Crippen LogP contribution in [0, 0.1) is 5.92 Å². The molecule has 1 aromatic carbocycles. The molecule has 4 nitrogen and oxygen atoms in total. The van der Waals surface area contributed by atoms with E-state index in [2.05, 4.69) is 10.1 Å². The Morgan fingerprint density at radius 1 is 1.26 bits per heavy atom. The van der Waals surface area contributed by atoms with Gasteiger partial charge in [0.25, 0.3) is 0 Å². The quantitative estimate of drug-likeness (QED) is 0.940. The molecule has 1 aromatic heterocycles. The van der Waals surface area contributed by atoms with E-state index in [1.54, 1.807) is 0 Å². The van der Waals surface area contributed by atoms with Gasteiger partial charge >= 0.3 is 0 Å². The Bertz CT molecular complexity index is 511. The molecular weight excluding hydrogens is 285 g/mol. The zero-order chi connectivity index (χ0) is 13.1. The van der Waals surface area contributed by atoms with Gasteiger partial charge in [-0.05, 0) is 23.6 Å². The first-order valence-electron chi connectivity index (χ1n) is 5.89. The number of nitrogens with zero attached hydrogens (tertiary/aromatic N) is 2. The maximum absolute atomic E-state index is 5.95. The van der Waals surface area contributed by atoms with Crippen molar-refractivity contribution < 1.29 is 4.52 Å². The number of rotatable bonds is 4. The van der Waals surface area contributed by atoms with E-state index >= 15 is 0 Å². The van der Waals surface area contributed by atoms with Crippen molar-refractivity contribution in [3.8, 4) is 0 Å². The lowest BCUT2D eigenvalue weighted by Gasteiger charge is -2.09. The molecule has 0 fully saturated rings. The van der Waals surface area contributed by atoms with E-state index in [4.69, 9.17) is 21.9 Å². The van der Waals surface area contributed by atoms with Gasteiger partial charge in [0.2, 0.25) is 5.89 Å². The molecule has 19 heavy (non-hydrogen) atoms. The summed E-state index contributed by atoms with van der Waals surface area (Å²) in [6, 6.07) is 7.37. The van der Waals surface area contributed by atoms with Gasteiger partial charge in [-0.3, -0.25) is 0 Å². The Morgan fingerprint density at radius 3 is 2.47 bits per heavy atom. The summed E-state index contributed by atoms with van der Waals surface area (Å²) in [6.07, 6.45) is 0.617. The van der Waals surface area contributed by atoms with Crippen molar-refractivity contribution in [3.63, 3.8) is 0 Å². The van der Waals surface area contributed by atoms with Crippen LogP contribution in [0.1, 0.15) is 37.2 Å². The van der Waals surface area contributed by atoms with Gasteiger partial charge in [-0.15, -0.1) is 12.4 Å². The summed E-state index contributed by atoms with van der Waals surface area (Å²) < 4.78 is 5.17. The molecule has 0 bridgehead atoms. The molecular formula is C13H17Cl2N3O. The third kappa shape index (κ3) is 4.20. The number of hydrogen-bond acceptors (Lipinski definition) is 4. The third-order valence-corrected chi connectivity index (χ3v) is 3.01. The molecule has 0 unspecified atom stereocenters. The maximum atomic E-state index is 5.95. The van der Waals surface area contributed by atoms with Crippen LogP contribution in [0.2, 0.25) is 5.02 Å². The maximum Gasteiger partial charge on any atom is 0.243 e. The molecule has 104 valence electrons. The number of aromatic nitrogens is 2. The Labute approximate surface area is 123 Å². The second kappa shape index (κ2) is 6.89. The number of halogens is 2. The average Bonchev–Trinajstić information content (AvgIpc) is 2.79. The predicted molar refractivity (Wildman–Crippen MR) is 77.6 cm³/mol. The molecule has 0 aliphatic carbocycles. The standard InChI is InChI=1S/C13H16ClN3O.ClH/c1-8(2)12(15)13-16-11(17-18-13)7-9-3-5-10(14)6-4-9;/h3-6,8,12H,7,15H2,1-2H3;1H/t12-;/m1./s1. The first-order valence-corrected chi connectivity index (χ1v) is 6.26. The normalized spacial score (nSPS) is 12.3. The Balaban J connectivity index is 0.00000180. The lowest BCUT2D eigenvalue weighted by atomic mass is 10.1. The van der Waals surface area contributed by atoms with Gasteiger partial charge in [-0.1, -0.05) is 42.7 Å². The van der Waals surface area contributed by atoms with Crippen LogP contribution < -0.4 is 5.73 Å². The predicted octanol–water partition coefficient (Wildman–Crippen LogP) is 3.39. The third-order valence-electron chi connectivity index (χ3n) is 2.76. The van der Waals surface area contributed by atoms with E-state index in [0.29, 0.717) is 18.1 Å². The van der Waals surface area contributed by atoms with E-state index in [-0.39, 0.29) is 24.4 Å². The molecule has 2 aromatic rings. The van der Waals surface area contributed by atoms with E-state index in [1.807, 2.05) is 38.1 Å². The number of nitrogens with two attached hydrogens (primary N) is 1. The fourth-order valence-corrected chi connectivity index (χ4v) is 1.67. The highest BCUT2D eigenvalue weighted by Gasteiger charge is 2.17. The highest BCUT2D eigenvalue weighted by molar-refractivity contribution is 6.30. The summed E-state index contributed by atoms with van der Waals surface area (Å²) in [6.45, 7) is 4.04. The minimum Gasteiger partial charge on any atom is -0.338 e. The van der Waals surface area contributed by atoms with Crippen molar-refractivity contribution in [1.29, 1.82) is 0 Å². The minimum atomic E-state index is -0.212. The topological polar surface area (TPSA) is 64.9 Å². The van der Waals surface area contributed by atoms with Gasteiger partial charge in [-0.2, -0.15) is 4.98 Å². The molecule has 0 saturated carbocycles. The van der Waals surface area contributed by atoms with Crippen LogP contribution in [0.5, 0.6) is 0 Å². The van der Waals surface area contributed by atoms with E-state index in [1.165, 1.54) is 0 Å². The molecule has 2 N–H and O–H groups in total. The summed E-state index contributed by atoms with van der Waals surface area (Å²) in [7, 11) is 0. The lowest BCUT2D eigenvalue weighted by Crippen LogP contribution is -2.17. The summed E-state index contributed by atoms with van der Waals surface area (Å²) in [5, 5.41) is 4.66. The van der Waals surface area contributed by atoms with Crippen LogP contribution in [0.25, 0.3) is 0 Å². The summed E-state index contributed by atoms with van der Waals surface area (Å²) in [5.41, 5.74) is 7.04. The van der Waals surface area contributed by atoms with Crippen LogP contribution in [-0.4, -0.2) is 10.1 Å². The van der Waals surface area contributed by atoms with E-state index in [9.17, 15) is 0 Å². The number of benzene rings is 1. The van der Waals surface area contributed by atoms with Crippen LogP contribution in [0.15, 0.2) is 28.8 Å². The van der Waals surface area contributed by atoms with Crippen molar-refractivity contribution >= 4 is 24.0 Å². The molecule has 2 rings (SSSR count). The Hall–Kier alpha value is -1.10. The van der Waals surface area contributed by atoms with Gasteiger partial charge in [-0.25, -0.2) is 0 Å². The van der Waals surface area contributed by atoms with Gasteiger partial charge in [0.05, 0.1) is 6.04 Å². The molecule has 1 atom stereocenters. The second-order valence-corrected chi connectivity index (χ2v) is 5.06. The fraction of sp³-hybridized carbons (Fsp3) is 0.385. The lowest BCUT2D eigenvalue weighted by molar-refractivity contribution is 0.322. The molecule has 0 saturated heterocycles. The number of hydrogen-bond donors (Lipinski definition) is 1. The molecule has 6 heteroatoms. The van der Waals surface area contributed by atoms with Gasteiger partial charge < -0.3 is 10.3 Å². The van der Waals surface area contributed by atoms with Crippen LogP contribution in [-0.2, 0) is 6.42 Å². The highest BCUT2D eigenvalue weighted by atomic mass is 35.5. The van der Waals surface area contributed by atoms with Crippen LogP contribution in [0.3, 0.4) is 0 Å². The van der Waals surface area contributed by atoms with Crippen molar-refractivity contribution in [2.24, 2.45) is 11.7 Å². The first kappa shape index (κ1) is 16.0. The summed E-state index contributed by atoms with van der Waals surface area (Å²) >= 11 is 5.83. The second-order valence-electron chi connectivity index (χ2n) is 4.62. The van der Waals surface area contributed by atoms with Crippen molar-refractivity contribution in [3.05, 3.63) is 46.6 Å². The zero-order valence-electron chi connectivity index (χ0n) is 10.8. The molecule has 0 radical (unpaired) electrons. The van der Waals surface area contributed by atoms with Crippen molar-refractivity contribution in [2.75, 3.05) is 0 Å². The fourth-order valence-electron chi connectivity index (χ4n) is 1.54. The highest BCUT2D eigenvalue weighted by Crippen LogP contribution is 2.18. The minimum absolute atomic E-state index is 0. The smallest absolute Gasteiger partial charge is 0.243 e. The van der Waals surface area contributed by atoms with Crippen LogP contribution >= 0.6 is 24.0 Å². The zero-order valence-corrected chi connectivity index (χ0v) is 12.4. The van der Waals surface area contributed by atoms with Gasteiger partial charge in [0, 0.05) is 11.4 Å².